The van der Waals surface area contributed by atoms with Gasteiger partial charge in [0.2, 0.25) is 0 Å². The predicted octanol–water partition coefficient (Wildman–Crippen LogP) is 7.09. The third kappa shape index (κ3) is 4.49. The predicted molar refractivity (Wildman–Crippen MR) is 128 cm³/mol. The molecule has 0 saturated heterocycles. The average molecular weight is 397 g/mol. The van der Waals surface area contributed by atoms with Crippen LogP contribution >= 0.6 is 0 Å². The Morgan fingerprint density at radius 3 is 2.43 bits per heavy atom. The van der Waals surface area contributed by atoms with E-state index in [2.05, 4.69) is 109 Å². The first kappa shape index (κ1) is 20.4. The third-order valence-electron chi connectivity index (χ3n) is 5.92. The number of rotatable bonds is 8. The first-order valence-corrected chi connectivity index (χ1v) is 11.3. The molecular formula is C28H32N2. The lowest BCUT2D eigenvalue weighted by molar-refractivity contribution is 0.656. The highest BCUT2D eigenvalue weighted by Gasteiger charge is 2.27. The Morgan fingerprint density at radius 1 is 0.833 bits per heavy atom. The fraction of sp³-hybridized carbons (Fsp3) is 0.286. The van der Waals surface area contributed by atoms with E-state index in [9.17, 15) is 0 Å². The molecule has 0 bridgehead atoms. The summed E-state index contributed by atoms with van der Waals surface area (Å²) < 4.78 is 0. The largest absolute Gasteiger partial charge is 0.276 e. The zero-order valence-corrected chi connectivity index (χ0v) is 18.1. The lowest BCUT2D eigenvalue weighted by Gasteiger charge is -2.25. The number of hydrazine groups is 1. The quantitative estimate of drug-likeness (QED) is 0.409. The van der Waals surface area contributed by atoms with Crippen LogP contribution in [0.4, 0.5) is 5.69 Å². The summed E-state index contributed by atoms with van der Waals surface area (Å²) >= 11 is 0. The van der Waals surface area contributed by atoms with Gasteiger partial charge >= 0.3 is 0 Å². The summed E-state index contributed by atoms with van der Waals surface area (Å²) in [6.45, 7) is 4.47. The van der Waals surface area contributed by atoms with Crippen molar-refractivity contribution in [3.63, 3.8) is 0 Å². The molecule has 3 aromatic carbocycles. The third-order valence-corrected chi connectivity index (χ3v) is 5.92. The van der Waals surface area contributed by atoms with Gasteiger partial charge in [0.25, 0.3) is 0 Å². The van der Waals surface area contributed by atoms with Gasteiger partial charge in [-0.2, -0.15) is 0 Å². The molecule has 0 spiro atoms. The molecule has 1 aliphatic rings. The molecule has 1 aliphatic heterocycles. The van der Waals surface area contributed by atoms with Gasteiger partial charge in [-0.3, -0.25) is 5.01 Å². The molecule has 1 heterocycles. The summed E-state index contributed by atoms with van der Waals surface area (Å²) in [4.78, 5) is 0. The normalized spacial score (nSPS) is 16.0. The van der Waals surface area contributed by atoms with Gasteiger partial charge in [0, 0.05) is 0 Å². The second-order valence-electron chi connectivity index (χ2n) is 8.04. The number of nitrogens with one attached hydrogen (secondary N) is 1. The Kier molecular flexibility index (Phi) is 6.66. The molecule has 2 nitrogen and oxygen atoms in total. The molecule has 0 fully saturated rings. The lowest BCUT2D eigenvalue weighted by atomic mass is 9.96. The molecule has 0 saturated carbocycles. The Morgan fingerprint density at radius 2 is 1.63 bits per heavy atom. The topological polar surface area (TPSA) is 15.3 Å². The smallest absolute Gasteiger partial charge is 0.0723 e. The molecule has 0 radical (unpaired) electrons. The first-order chi connectivity index (χ1) is 14.8. The number of nitrogens with zero attached hydrogens (tertiary/aromatic N) is 1. The second kappa shape index (κ2) is 9.77. The fourth-order valence-electron chi connectivity index (χ4n) is 4.23. The minimum absolute atomic E-state index is 0.170. The van der Waals surface area contributed by atoms with E-state index in [0.717, 1.165) is 12.8 Å². The van der Waals surface area contributed by atoms with Crippen molar-refractivity contribution in [3.05, 3.63) is 107 Å². The van der Waals surface area contributed by atoms with Crippen LogP contribution < -0.4 is 10.4 Å². The number of aryl methyl sites for hydroxylation is 2. The minimum Gasteiger partial charge on any atom is -0.276 e. The van der Waals surface area contributed by atoms with Crippen molar-refractivity contribution in [2.24, 2.45) is 0 Å². The molecule has 0 amide bonds. The van der Waals surface area contributed by atoms with Gasteiger partial charge in [-0.15, -0.1) is 0 Å². The van der Waals surface area contributed by atoms with E-state index < -0.39 is 0 Å². The Hall–Kier alpha value is -2.84. The maximum Gasteiger partial charge on any atom is 0.0723 e. The SMILES string of the molecule is CCCCCc1ccccc1C1C=C(c2ccccc2)N(c2cccc(CC)c2)N1. The monoisotopic (exact) mass is 396 g/mol. The van der Waals surface area contributed by atoms with Gasteiger partial charge in [0.15, 0.2) is 0 Å². The standard InChI is InChI=1S/C28H32N2/c1-3-5-7-14-23-15-10-11-19-26(23)27-21-28(24-16-8-6-9-17-24)30(29-27)25-18-12-13-22(4-2)20-25/h6,8-13,15-21,27,29H,3-5,7,14H2,1-2H3. The van der Waals surface area contributed by atoms with Crippen molar-refractivity contribution in [3.8, 4) is 0 Å². The highest BCUT2D eigenvalue weighted by Crippen LogP contribution is 2.36. The number of hydrogen-bond donors (Lipinski definition) is 1. The second-order valence-corrected chi connectivity index (χ2v) is 8.04. The number of benzene rings is 3. The van der Waals surface area contributed by atoms with E-state index in [1.54, 1.807) is 0 Å². The highest BCUT2D eigenvalue weighted by atomic mass is 15.5. The van der Waals surface area contributed by atoms with E-state index in [0.29, 0.717) is 0 Å². The number of hydrogen-bond acceptors (Lipinski definition) is 2. The van der Waals surface area contributed by atoms with Crippen LogP contribution in [0.2, 0.25) is 0 Å². The zero-order chi connectivity index (χ0) is 20.8. The molecule has 0 aliphatic carbocycles. The molecule has 1 N–H and O–H groups in total. The van der Waals surface area contributed by atoms with Crippen LogP contribution in [-0.2, 0) is 12.8 Å². The molecule has 0 aromatic heterocycles. The zero-order valence-electron chi connectivity index (χ0n) is 18.1. The van der Waals surface area contributed by atoms with E-state index in [4.69, 9.17) is 0 Å². The van der Waals surface area contributed by atoms with Gasteiger partial charge in [0.05, 0.1) is 17.4 Å². The van der Waals surface area contributed by atoms with Gasteiger partial charge < -0.3 is 0 Å². The van der Waals surface area contributed by atoms with Crippen LogP contribution in [0.1, 0.15) is 61.4 Å². The molecule has 2 heteroatoms. The Balaban J connectivity index is 1.70. The summed E-state index contributed by atoms with van der Waals surface area (Å²) in [5.41, 5.74) is 11.6. The first-order valence-electron chi connectivity index (χ1n) is 11.3. The van der Waals surface area contributed by atoms with Crippen LogP contribution in [0.15, 0.2) is 84.9 Å². The van der Waals surface area contributed by atoms with Crippen LogP contribution in [-0.4, -0.2) is 0 Å². The summed E-state index contributed by atoms with van der Waals surface area (Å²) in [6, 6.07) is 28.6. The molecular weight excluding hydrogens is 364 g/mol. The molecule has 1 atom stereocenters. The molecule has 4 rings (SSSR count). The van der Waals surface area contributed by atoms with E-state index >= 15 is 0 Å². The minimum atomic E-state index is 0.170. The van der Waals surface area contributed by atoms with Crippen LogP contribution in [0.25, 0.3) is 5.70 Å². The number of unbranched alkanes of at least 4 members (excludes halogenated alkanes) is 2. The van der Waals surface area contributed by atoms with Crippen molar-refractivity contribution in [1.82, 2.24) is 5.43 Å². The molecule has 1 unspecified atom stereocenters. The highest BCUT2D eigenvalue weighted by molar-refractivity contribution is 5.81. The molecule has 3 aromatic rings. The van der Waals surface area contributed by atoms with E-state index in [-0.39, 0.29) is 6.04 Å². The lowest BCUT2D eigenvalue weighted by Crippen LogP contribution is -2.33. The Labute approximate surface area is 181 Å². The fourth-order valence-corrected chi connectivity index (χ4v) is 4.23. The van der Waals surface area contributed by atoms with Crippen LogP contribution in [0.3, 0.4) is 0 Å². The van der Waals surface area contributed by atoms with Gasteiger partial charge in [-0.05, 0) is 59.7 Å². The van der Waals surface area contributed by atoms with E-state index in [1.807, 2.05) is 0 Å². The summed E-state index contributed by atoms with van der Waals surface area (Å²) in [6.07, 6.45) is 8.35. The maximum atomic E-state index is 3.79. The molecule has 30 heavy (non-hydrogen) atoms. The van der Waals surface area contributed by atoms with Crippen LogP contribution in [0.5, 0.6) is 0 Å². The van der Waals surface area contributed by atoms with Crippen molar-refractivity contribution in [2.75, 3.05) is 5.01 Å². The van der Waals surface area contributed by atoms with Crippen molar-refractivity contribution >= 4 is 11.4 Å². The van der Waals surface area contributed by atoms with Gasteiger partial charge in [0.1, 0.15) is 0 Å². The Bertz CT molecular complexity index is 990. The maximum absolute atomic E-state index is 3.79. The van der Waals surface area contributed by atoms with E-state index in [1.165, 1.54) is 52.9 Å². The number of anilines is 1. The summed E-state index contributed by atoms with van der Waals surface area (Å²) in [7, 11) is 0. The van der Waals surface area contributed by atoms with Crippen LogP contribution in [0, 0.1) is 0 Å². The average Bonchev–Trinajstić information content (AvgIpc) is 3.26. The summed E-state index contributed by atoms with van der Waals surface area (Å²) in [5.74, 6) is 0. The van der Waals surface area contributed by atoms with Crippen molar-refractivity contribution in [1.29, 1.82) is 0 Å². The van der Waals surface area contributed by atoms with Gasteiger partial charge in [-0.1, -0.05) is 93.4 Å². The van der Waals surface area contributed by atoms with Crippen molar-refractivity contribution in [2.45, 2.75) is 52.0 Å². The van der Waals surface area contributed by atoms with Crippen molar-refractivity contribution < 1.29 is 0 Å². The van der Waals surface area contributed by atoms with Gasteiger partial charge in [-0.25, -0.2) is 5.43 Å². The molecule has 154 valence electrons. The summed E-state index contributed by atoms with van der Waals surface area (Å²) in [5, 5.41) is 2.27.